The van der Waals surface area contributed by atoms with Gasteiger partial charge in [-0.1, -0.05) is 0 Å². The summed E-state index contributed by atoms with van der Waals surface area (Å²) >= 11 is 0. The zero-order valence-corrected chi connectivity index (χ0v) is 10.0. The van der Waals surface area contributed by atoms with Crippen LogP contribution in [-0.2, 0) is 7.05 Å². The molecular weight excluding hydrogens is 218 g/mol. The molecule has 6 heteroatoms. The second kappa shape index (κ2) is 4.75. The molecule has 1 radical (unpaired) electrons. The average molecular weight is 236 g/mol. The van der Waals surface area contributed by atoms with E-state index in [1.165, 1.54) is 0 Å². The topological polar surface area (TPSA) is 90.2 Å². The molecule has 6 nitrogen and oxygen atoms in total. The predicted octanol–water partition coefficient (Wildman–Crippen LogP) is -0.363. The van der Waals surface area contributed by atoms with Crippen LogP contribution in [0.25, 0.3) is 0 Å². The van der Waals surface area contributed by atoms with Crippen molar-refractivity contribution in [3.05, 3.63) is 11.8 Å². The molecule has 4 N–H and O–H groups in total. The molecule has 1 fully saturated rings. The van der Waals surface area contributed by atoms with E-state index in [0.29, 0.717) is 0 Å². The van der Waals surface area contributed by atoms with Crippen molar-refractivity contribution in [2.45, 2.75) is 25.3 Å². The Balaban J connectivity index is 2.18. The van der Waals surface area contributed by atoms with Crippen molar-refractivity contribution >= 4 is 11.7 Å². The number of carbonyl (C=O) groups is 1. The predicted molar refractivity (Wildman–Crippen MR) is 64.6 cm³/mol. The third-order valence-corrected chi connectivity index (χ3v) is 3.09. The van der Waals surface area contributed by atoms with Gasteiger partial charge in [-0.15, -0.1) is 0 Å². The van der Waals surface area contributed by atoms with Crippen molar-refractivity contribution in [2.24, 2.45) is 18.5 Å². The van der Waals surface area contributed by atoms with E-state index in [9.17, 15) is 4.79 Å². The van der Waals surface area contributed by atoms with Crippen molar-refractivity contribution < 1.29 is 4.79 Å². The van der Waals surface area contributed by atoms with Crippen LogP contribution in [0.15, 0.2) is 0 Å². The first-order chi connectivity index (χ1) is 8.08. The Hall–Kier alpha value is -1.56. The molecule has 1 atom stereocenters. The van der Waals surface area contributed by atoms with E-state index in [4.69, 9.17) is 11.5 Å². The Kier molecular flexibility index (Phi) is 3.33. The highest BCUT2D eigenvalue weighted by molar-refractivity contribution is 5.91. The smallest absolute Gasteiger partial charge is 0.269 e. The molecule has 0 unspecified atom stereocenters. The molecule has 0 spiro atoms. The highest BCUT2D eigenvalue weighted by atomic mass is 16.1. The standard InChI is InChI=1S/C11H18N5O/c1-15-10(7-9(14-15)11(13)17)16-5-2-3-8(12)4-6-16/h8H,2-6,12H2,1H3,(H2,13,17)/t8-/m1/s1. The quantitative estimate of drug-likeness (QED) is 0.733. The van der Waals surface area contributed by atoms with Gasteiger partial charge in [-0.3, -0.25) is 9.48 Å². The molecule has 0 saturated carbocycles. The molecule has 17 heavy (non-hydrogen) atoms. The molecule has 0 aliphatic carbocycles. The highest BCUT2D eigenvalue weighted by Crippen LogP contribution is 2.18. The van der Waals surface area contributed by atoms with Gasteiger partial charge in [-0.05, 0) is 19.3 Å². The number of rotatable bonds is 2. The zero-order valence-electron chi connectivity index (χ0n) is 10.0. The highest BCUT2D eigenvalue weighted by Gasteiger charge is 2.19. The second-order valence-electron chi connectivity index (χ2n) is 4.46. The van der Waals surface area contributed by atoms with Gasteiger partial charge < -0.3 is 16.4 Å². The Morgan fingerprint density at radius 2 is 2.24 bits per heavy atom. The van der Waals surface area contributed by atoms with Crippen LogP contribution in [0.3, 0.4) is 0 Å². The fraction of sp³-hybridized carbons (Fsp3) is 0.636. The van der Waals surface area contributed by atoms with Gasteiger partial charge in [-0.2, -0.15) is 5.10 Å². The summed E-state index contributed by atoms with van der Waals surface area (Å²) in [5, 5.41) is 4.05. The fourth-order valence-corrected chi connectivity index (χ4v) is 2.14. The zero-order chi connectivity index (χ0) is 12.4. The van der Waals surface area contributed by atoms with Gasteiger partial charge in [0.1, 0.15) is 5.82 Å². The van der Waals surface area contributed by atoms with Crippen molar-refractivity contribution in [3.63, 3.8) is 0 Å². The number of nitrogens with two attached hydrogens (primary N) is 2. The molecule has 0 aromatic carbocycles. The number of nitrogens with zero attached hydrogens (tertiary/aromatic N) is 3. The molecule has 1 aliphatic rings. The molecule has 1 amide bonds. The molecule has 1 saturated heterocycles. The van der Waals surface area contributed by atoms with Gasteiger partial charge in [0.05, 0.1) is 6.07 Å². The van der Waals surface area contributed by atoms with Crippen LogP contribution in [-0.4, -0.2) is 34.8 Å². The number of aryl methyl sites for hydroxylation is 1. The summed E-state index contributed by atoms with van der Waals surface area (Å²) in [5.41, 5.74) is 11.3. The maximum absolute atomic E-state index is 11.0. The number of aromatic nitrogens is 2. The lowest BCUT2D eigenvalue weighted by molar-refractivity contribution is 0.0994. The SMILES string of the molecule is Cn1nc(C(N)=O)[c]c1N1CCC[C@@H](N)CC1. The molecule has 2 heterocycles. The van der Waals surface area contributed by atoms with E-state index in [1.807, 2.05) is 0 Å². The maximum Gasteiger partial charge on any atom is 0.269 e. The third kappa shape index (κ3) is 2.58. The minimum Gasteiger partial charge on any atom is -0.364 e. The molecule has 2 rings (SSSR count). The number of hydrogen-bond donors (Lipinski definition) is 2. The number of primary amides is 1. The number of hydrogen-bond acceptors (Lipinski definition) is 4. The Bertz CT molecular complexity index is 414. The van der Waals surface area contributed by atoms with Gasteiger partial charge in [0.2, 0.25) is 0 Å². The molecule has 0 bridgehead atoms. The van der Waals surface area contributed by atoms with Crippen molar-refractivity contribution in [1.29, 1.82) is 0 Å². The molecule has 1 aliphatic heterocycles. The first-order valence-electron chi connectivity index (χ1n) is 5.84. The maximum atomic E-state index is 11.0. The van der Waals surface area contributed by atoms with E-state index >= 15 is 0 Å². The number of anilines is 1. The van der Waals surface area contributed by atoms with Crippen LogP contribution in [0.1, 0.15) is 29.8 Å². The normalized spacial score (nSPS) is 21.3. The molecule has 1 aromatic heterocycles. The van der Waals surface area contributed by atoms with Crippen LogP contribution in [0.2, 0.25) is 0 Å². The second-order valence-corrected chi connectivity index (χ2v) is 4.46. The van der Waals surface area contributed by atoms with E-state index in [1.54, 1.807) is 11.7 Å². The van der Waals surface area contributed by atoms with Crippen LogP contribution in [0.5, 0.6) is 0 Å². The summed E-state index contributed by atoms with van der Waals surface area (Å²) in [6.07, 6.45) is 3.04. The van der Waals surface area contributed by atoms with Crippen LogP contribution < -0.4 is 16.4 Å². The minimum atomic E-state index is -0.543. The van der Waals surface area contributed by atoms with E-state index < -0.39 is 5.91 Å². The van der Waals surface area contributed by atoms with Crippen LogP contribution >= 0.6 is 0 Å². The van der Waals surface area contributed by atoms with Crippen LogP contribution in [0.4, 0.5) is 5.82 Å². The van der Waals surface area contributed by atoms with Gasteiger partial charge in [0, 0.05) is 26.2 Å². The molecule has 93 valence electrons. The molecule has 1 aromatic rings. The van der Waals surface area contributed by atoms with Gasteiger partial charge in [-0.25, -0.2) is 0 Å². The largest absolute Gasteiger partial charge is 0.364 e. The Morgan fingerprint density at radius 1 is 1.47 bits per heavy atom. The fourth-order valence-electron chi connectivity index (χ4n) is 2.14. The summed E-state index contributed by atoms with van der Waals surface area (Å²) in [7, 11) is 1.79. The van der Waals surface area contributed by atoms with Gasteiger partial charge in [0.25, 0.3) is 5.91 Å². The first kappa shape index (κ1) is 11.9. The summed E-state index contributed by atoms with van der Waals surface area (Å²) in [4.78, 5) is 13.2. The van der Waals surface area contributed by atoms with E-state index in [2.05, 4.69) is 16.1 Å². The summed E-state index contributed by atoms with van der Waals surface area (Å²) < 4.78 is 1.65. The average Bonchev–Trinajstić information content (AvgIpc) is 2.52. The number of carbonyl (C=O) groups excluding carboxylic acids is 1. The number of amides is 1. The first-order valence-corrected chi connectivity index (χ1v) is 5.84. The molecular formula is C11H18N5O. The lowest BCUT2D eigenvalue weighted by atomic mass is 10.1. The van der Waals surface area contributed by atoms with E-state index in [-0.39, 0.29) is 11.7 Å². The van der Waals surface area contributed by atoms with Crippen molar-refractivity contribution in [3.8, 4) is 0 Å². The minimum absolute atomic E-state index is 0.191. The lowest BCUT2D eigenvalue weighted by Crippen LogP contribution is -2.28. The summed E-state index contributed by atoms with van der Waals surface area (Å²) in [6, 6.07) is 3.22. The van der Waals surface area contributed by atoms with Gasteiger partial charge >= 0.3 is 0 Å². The Labute approximate surface area is 101 Å². The van der Waals surface area contributed by atoms with Gasteiger partial charge in [0.15, 0.2) is 5.69 Å². The van der Waals surface area contributed by atoms with Crippen LogP contribution in [0, 0.1) is 6.07 Å². The van der Waals surface area contributed by atoms with Crippen molar-refractivity contribution in [2.75, 3.05) is 18.0 Å². The van der Waals surface area contributed by atoms with Crippen molar-refractivity contribution in [1.82, 2.24) is 9.78 Å². The Morgan fingerprint density at radius 3 is 2.88 bits per heavy atom. The monoisotopic (exact) mass is 236 g/mol. The van der Waals surface area contributed by atoms with E-state index in [0.717, 1.165) is 38.2 Å². The summed E-state index contributed by atoms with van der Waals surface area (Å²) in [5.74, 6) is 0.270. The third-order valence-electron chi connectivity index (χ3n) is 3.09. The summed E-state index contributed by atoms with van der Waals surface area (Å²) in [6.45, 7) is 1.79. The lowest BCUT2D eigenvalue weighted by Gasteiger charge is -2.21.